The predicted molar refractivity (Wildman–Crippen MR) is 93.6 cm³/mol. The number of benzene rings is 1. The van der Waals surface area contributed by atoms with E-state index in [4.69, 9.17) is 5.73 Å². The lowest BCUT2D eigenvalue weighted by Gasteiger charge is -2.32. The highest BCUT2D eigenvalue weighted by Crippen LogP contribution is 2.26. The van der Waals surface area contributed by atoms with Crippen LogP contribution in [0, 0.1) is 5.92 Å². The lowest BCUT2D eigenvalue weighted by Crippen LogP contribution is -2.36. The number of hydrogen-bond donors (Lipinski definition) is 1. The van der Waals surface area contributed by atoms with Crippen LogP contribution < -0.4 is 5.73 Å². The number of nitrogens with zero attached hydrogens (tertiary/aromatic N) is 1. The first-order chi connectivity index (χ1) is 9.83. The first-order valence-electron chi connectivity index (χ1n) is 8.38. The molecule has 2 heteroatoms. The zero-order valence-corrected chi connectivity index (χ0v) is 14.8. The number of nitrogens with two attached hydrogens (primary N) is 1. The SMILES string of the molecule is CCC(C)CN(CC)C(CN)c1ccc(C(C)(C)C)cc1. The van der Waals surface area contributed by atoms with Gasteiger partial charge in [-0.1, -0.05) is 72.2 Å². The fraction of sp³-hybridized carbons (Fsp3) is 0.684. The second kappa shape index (κ2) is 7.95. The minimum atomic E-state index is 0.206. The lowest BCUT2D eigenvalue weighted by molar-refractivity contribution is 0.182. The summed E-state index contributed by atoms with van der Waals surface area (Å²) in [6, 6.07) is 9.37. The van der Waals surface area contributed by atoms with E-state index in [1.54, 1.807) is 0 Å². The van der Waals surface area contributed by atoms with Gasteiger partial charge in [0.15, 0.2) is 0 Å². The van der Waals surface area contributed by atoms with Crippen LogP contribution >= 0.6 is 0 Å². The molecule has 0 bridgehead atoms. The van der Waals surface area contributed by atoms with Crippen molar-refractivity contribution in [3.8, 4) is 0 Å². The number of rotatable bonds is 7. The van der Waals surface area contributed by atoms with E-state index >= 15 is 0 Å². The number of likely N-dealkylation sites (N-methyl/N-ethyl adjacent to an activating group) is 1. The van der Waals surface area contributed by atoms with Crippen LogP contribution in [-0.4, -0.2) is 24.5 Å². The zero-order chi connectivity index (χ0) is 16.0. The predicted octanol–water partition coefficient (Wildman–Crippen LogP) is 4.35. The van der Waals surface area contributed by atoms with Crippen molar-refractivity contribution in [3.05, 3.63) is 35.4 Å². The topological polar surface area (TPSA) is 29.3 Å². The van der Waals surface area contributed by atoms with E-state index in [9.17, 15) is 0 Å². The normalized spacial score (nSPS) is 15.2. The van der Waals surface area contributed by atoms with Gasteiger partial charge < -0.3 is 5.73 Å². The Bertz CT molecular complexity index is 403. The van der Waals surface area contributed by atoms with Crippen molar-refractivity contribution in [2.75, 3.05) is 19.6 Å². The van der Waals surface area contributed by atoms with Gasteiger partial charge in [0.2, 0.25) is 0 Å². The molecule has 1 aromatic rings. The minimum absolute atomic E-state index is 0.206. The van der Waals surface area contributed by atoms with E-state index in [0.29, 0.717) is 18.5 Å². The summed E-state index contributed by atoms with van der Waals surface area (Å²) in [6.45, 7) is 16.4. The van der Waals surface area contributed by atoms with E-state index in [0.717, 1.165) is 13.1 Å². The quantitative estimate of drug-likeness (QED) is 0.809. The Balaban J connectivity index is 2.92. The Morgan fingerprint density at radius 2 is 1.67 bits per heavy atom. The molecule has 21 heavy (non-hydrogen) atoms. The Labute approximate surface area is 131 Å². The van der Waals surface area contributed by atoms with Gasteiger partial charge in [-0.3, -0.25) is 4.90 Å². The molecule has 0 saturated heterocycles. The molecule has 2 N–H and O–H groups in total. The zero-order valence-electron chi connectivity index (χ0n) is 14.8. The summed E-state index contributed by atoms with van der Waals surface area (Å²) in [5.41, 5.74) is 9.01. The fourth-order valence-corrected chi connectivity index (χ4v) is 2.71. The molecule has 120 valence electrons. The molecule has 0 amide bonds. The van der Waals surface area contributed by atoms with Crippen LogP contribution in [0.25, 0.3) is 0 Å². The van der Waals surface area contributed by atoms with Crippen LogP contribution in [0.5, 0.6) is 0 Å². The van der Waals surface area contributed by atoms with E-state index < -0.39 is 0 Å². The van der Waals surface area contributed by atoms with Gasteiger partial charge in [-0.15, -0.1) is 0 Å². The summed E-state index contributed by atoms with van der Waals surface area (Å²) < 4.78 is 0. The molecule has 0 spiro atoms. The first kappa shape index (κ1) is 18.2. The van der Waals surface area contributed by atoms with Crippen molar-refractivity contribution < 1.29 is 0 Å². The molecule has 0 aromatic heterocycles. The van der Waals surface area contributed by atoms with Gasteiger partial charge in [-0.05, 0) is 29.0 Å². The monoisotopic (exact) mass is 290 g/mol. The van der Waals surface area contributed by atoms with E-state index in [2.05, 4.69) is 70.7 Å². The van der Waals surface area contributed by atoms with Crippen LogP contribution in [-0.2, 0) is 5.41 Å². The summed E-state index contributed by atoms with van der Waals surface area (Å²) in [5, 5.41) is 0. The van der Waals surface area contributed by atoms with Crippen molar-refractivity contribution in [2.24, 2.45) is 11.7 Å². The highest BCUT2D eigenvalue weighted by Gasteiger charge is 2.20. The summed E-state index contributed by atoms with van der Waals surface area (Å²) in [7, 11) is 0. The Hall–Kier alpha value is -0.860. The van der Waals surface area contributed by atoms with E-state index in [1.165, 1.54) is 17.5 Å². The summed E-state index contributed by atoms with van der Waals surface area (Å²) in [4.78, 5) is 2.51. The lowest BCUT2D eigenvalue weighted by atomic mass is 9.86. The summed E-state index contributed by atoms with van der Waals surface area (Å²) >= 11 is 0. The van der Waals surface area contributed by atoms with Crippen molar-refractivity contribution in [1.29, 1.82) is 0 Å². The molecule has 0 aliphatic heterocycles. The third-order valence-electron chi connectivity index (χ3n) is 4.47. The van der Waals surface area contributed by atoms with Gasteiger partial charge in [-0.2, -0.15) is 0 Å². The maximum atomic E-state index is 6.08. The largest absolute Gasteiger partial charge is 0.329 e. The van der Waals surface area contributed by atoms with Crippen LogP contribution in [0.3, 0.4) is 0 Å². The van der Waals surface area contributed by atoms with Crippen molar-refractivity contribution in [2.45, 2.75) is 59.4 Å². The van der Waals surface area contributed by atoms with Crippen LogP contribution in [0.4, 0.5) is 0 Å². The Morgan fingerprint density at radius 1 is 1.10 bits per heavy atom. The molecular formula is C19H34N2. The fourth-order valence-electron chi connectivity index (χ4n) is 2.71. The van der Waals surface area contributed by atoms with Gasteiger partial charge in [0.25, 0.3) is 0 Å². The maximum Gasteiger partial charge on any atom is 0.0470 e. The molecule has 2 nitrogen and oxygen atoms in total. The average Bonchev–Trinajstić information content (AvgIpc) is 2.46. The smallest absolute Gasteiger partial charge is 0.0470 e. The highest BCUT2D eigenvalue weighted by atomic mass is 15.2. The maximum absolute atomic E-state index is 6.08. The number of hydrogen-bond acceptors (Lipinski definition) is 2. The molecule has 0 aliphatic carbocycles. The standard InChI is InChI=1S/C19H34N2/c1-7-15(3)14-21(8-2)18(13-20)16-9-11-17(12-10-16)19(4,5)6/h9-12,15,18H,7-8,13-14,20H2,1-6H3. The third-order valence-corrected chi connectivity index (χ3v) is 4.47. The van der Waals surface area contributed by atoms with E-state index in [-0.39, 0.29) is 5.41 Å². The summed E-state index contributed by atoms with van der Waals surface area (Å²) in [6.07, 6.45) is 1.22. The Morgan fingerprint density at radius 3 is 2.05 bits per heavy atom. The second-order valence-corrected chi connectivity index (χ2v) is 7.22. The first-order valence-corrected chi connectivity index (χ1v) is 8.38. The van der Waals surface area contributed by atoms with Gasteiger partial charge in [0.05, 0.1) is 0 Å². The molecule has 0 radical (unpaired) electrons. The Kier molecular flexibility index (Phi) is 6.89. The highest BCUT2D eigenvalue weighted by molar-refractivity contribution is 5.29. The van der Waals surface area contributed by atoms with Crippen LogP contribution in [0.15, 0.2) is 24.3 Å². The third kappa shape index (κ3) is 5.12. The molecule has 1 aromatic carbocycles. The molecule has 0 heterocycles. The van der Waals surface area contributed by atoms with Crippen LogP contribution in [0.2, 0.25) is 0 Å². The van der Waals surface area contributed by atoms with Crippen LogP contribution in [0.1, 0.15) is 65.1 Å². The van der Waals surface area contributed by atoms with Gasteiger partial charge >= 0.3 is 0 Å². The van der Waals surface area contributed by atoms with Crippen molar-refractivity contribution >= 4 is 0 Å². The van der Waals surface area contributed by atoms with Gasteiger partial charge in [0.1, 0.15) is 0 Å². The summed E-state index contributed by atoms with van der Waals surface area (Å²) in [5.74, 6) is 0.716. The molecule has 0 fully saturated rings. The molecule has 0 saturated carbocycles. The van der Waals surface area contributed by atoms with Crippen molar-refractivity contribution in [1.82, 2.24) is 4.90 Å². The minimum Gasteiger partial charge on any atom is -0.329 e. The average molecular weight is 290 g/mol. The van der Waals surface area contributed by atoms with Gasteiger partial charge in [0, 0.05) is 19.1 Å². The molecule has 1 rings (SSSR count). The van der Waals surface area contributed by atoms with Gasteiger partial charge in [-0.25, -0.2) is 0 Å². The molecular weight excluding hydrogens is 256 g/mol. The molecule has 0 aliphatic rings. The molecule has 2 atom stereocenters. The van der Waals surface area contributed by atoms with Crippen molar-refractivity contribution in [3.63, 3.8) is 0 Å². The second-order valence-electron chi connectivity index (χ2n) is 7.22. The van der Waals surface area contributed by atoms with E-state index in [1.807, 2.05) is 0 Å². The molecule has 2 unspecified atom stereocenters.